The molecule has 9 atom stereocenters. The molecule has 0 aliphatic heterocycles. The number of hydrogen-bond donors (Lipinski definition) is 9. The molecule has 0 aromatic carbocycles. The van der Waals surface area contributed by atoms with Crippen molar-refractivity contribution in [2.45, 2.75) is 109 Å². The minimum Gasteiger partial charge on any atom is -0.396 e. The Morgan fingerprint density at radius 1 is 1.02 bits per heavy atom. The fraction of sp³-hybridized carbons (Fsp3) is 0.667. The summed E-state index contributed by atoms with van der Waals surface area (Å²) in [6, 6.07) is 0. The molecule has 2 aliphatic rings. The second-order valence-corrected chi connectivity index (χ2v) is 13.7. The normalized spacial score (nSPS) is 27.1. The van der Waals surface area contributed by atoms with E-state index in [-0.39, 0.29) is 31.3 Å². The largest absolute Gasteiger partial charge is 0.396 e. The summed E-state index contributed by atoms with van der Waals surface area (Å²) < 4.78 is 5.34. The molecule has 0 saturated heterocycles. The molecule has 2 aliphatic carbocycles. The molecule has 1 fully saturated rings. The number of hydroxylamine groups is 2. The van der Waals surface area contributed by atoms with Crippen molar-refractivity contribution in [3.63, 3.8) is 0 Å². The third-order valence-corrected chi connectivity index (χ3v) is 9.33. The minimum atomic E-state index is -2.13. The van der Waals surface area contributed by atoms with Gasteiger partial charge in [-0.25, -0.2) is 5.06 Å². The van der Waals surface area contributed by atoms with Gasteiger partial charge in [0, 0.05) is 25.1 Å². The van der Waals surface area contributed by atoms with Crippen LogP contribution in [0.5, 0.6) is 0 Å². The Balaban J connectivity index is 1.75. The molecule has 0 heterocycles. The molecule has 284 valence electrons. The quantitative estimate of drug-likeness (QED) is 0.0395. The summed E-state index contributed by atoms with van der Waals surface area (Å²) in [4.78, 5) is 30.0. The lowest BCUT2D eigenvalue weighted by Gasteiger charge is -2.40. The highest BCUT2D eigenvalue weighted by atomic mass is 16.7. The second-order valence-electron chi connectivity index (χ2n) is 13.7. The van der Waals surface area contributed by atoms with Crippen LogP contribution in [-0.4, -0.2) is 140 Å². The molecule has 14 nitrogen and oxygen atoms in total. The Morgan fingerprint density at radius 2 is 1.72 bits per heavy atom. The van der Waals surface area contributed by atoms with Crippen molar-refractivity contribution in [2.75, 3.05) is 33.4 Å². The molecule has 0 spiro atoms. The SMILES string of the molecule is CON(CCCNC(=O)[C@H](O)[C@@H](O)[C@H](O)C(O)COC1C[C@H](CO)[C@@H](O)[C@H](O)C1O)C(=O)/C=C/C=C/C=C(C)/C=C/C1=C(C)CCCC1(C)C. The van der Waals surface area contributed by atoms with Crippen LogP contribution in [0.25, 0.3) is 0 Å². The molecule has 9 N–H and O–H groups in total. The van der Waals surface area contributed by atoms with Crippen molar-refractivity contribution in [3.8, 4) is 0 Å². The topological polar surface area (TPSA) is 230 Å². The number of aliphatic hydroxyl groups excluding tert-OH is 8. The zero-order valence-electron chi connectivity index (χ0n) is 29.8. The Kier molecular flexibility index (Phi) is 18.2. The number of nitrogens with zero attached hydrogens (tertiary/aromatic N) is 1. The molecule has 50 heavy (non-hydrogen) atoms. The monoisotopic (exact) mass is 710 g/mol. The molecular weight excluding hydrogens is 652 g/mol. The number of ether oxygens (including phenoxy) is 1. The lowest BCUT2D eigenvalue weighted by Crippen LogP contribution is -2.56. The lowest BCUT2D eigenvalue weighted by molar-refractivity contribution is -0.192. The maximum absolute atomic E-state index is 12.5. The van der Waals surface area contributed by atoms with Gasteiger partial charge in [-0.15, -0.1) is 0 Å². The maximum Gasteiger partial charge on any atom is 0.270 e. The number of carbonyl (C=O) groups excluding carboxylic acids is 2. The smallest absolute Gasteiger partial charge is 0.270 e. The molecule has 0 bridgehead atoms. The first-order valence-electron chi connectivity index (χ1n) is 17.1. The second kappa shape index (κ2) is 20.9. The molecule has 0 aromatic heterocycles. The highest BCUT2D eigenvalue weighted by molar-refractivity contribution is 5.87. The van der Waals surface area contributed by atoms with E-state index in [1.807, 2.05) is 19.1 Å². The Bertz CT molecular complexity index is 1240. The Labute approximate surface area is 294 Å². The van der Waals surface area contributed by atoms with Gasteiger partial charge in [0.15, 0.2) is 6.10 Å². The van der Waals surface area contributed by atoms with Crippen molar-refractivity contribution in [3.05, 3.63) is 59.3 Å². The van der Waals surface area contributed by atoms with Gasteiger partial charge in [0.2, 0.25) is 0 Å². The molecule has 0 aromatic rings. The van der Waals surface area contributed by atoms with Gasteiger partial charge in [-0.1, -0.05) is 61.4 Å². The lowest BCUT2D eigenvalue weighted by atomic mass is 9.72. The van der Waals surface area contributed by atoms with E-state index in [4.69, 9.17) is 9.57 Å². The van der Waals surface area contributed by atoms with Gasteiger partial charge >= 0.3 is 0 Å². The fourth-order valence-electron chi connectivity index (χ4n) is 6.12. The fourth-order valence-corrected chi connectivity index (χ4v) is 6.12. The Morgan fingerprint density at radius 3 is 2.36 bits per heavy atom. The number of carbonyl (C=O) groups is 2. The van der Waals surface area contributed by atoms with Crippen LogP contribution >= 0.6 is 0 Å². The first kappa shape index (κ1) is 43.4. The zero-order chi connectivity index (χ0) is 37.6. The van der Waals surface area contributed by atoms with Gasteiger partial charge in [-0.3, -0.25) is 14.4 Å². The van der Waals surface area contributed by atoms with Gasteiger partial charge in [-0.05, 0) is 56.9 Å². The first-order chi connectivity index (χ1) is 23.5. The highest BCUT2D eigenvalue weighted by Crippen LogP contribution is 2.40. The molecular formula is C36H58N2O12. The molecule has 14 heteroatoms. The van der Waals surface area contributed by atoms with Crippen LogP contribution in [0.1, 0.15) is 59.8 Å². The van der Waals surface area contributed by atoms with Crippen LogP contribution in [0.3, 0.4) is 0 Å². The van der Waals surface area contributed by atoms with E-state index in [1.165, 1.54) is 37.2 Å². The van der Waals surface area contributed by atoms with E-state index in [0.29, 0.717) is 0 Å². The van der Waals surface area contributed by atoms with Crippen LogP contribution < -0.4 is 5.32 Å². The van der Waals surface area contributed by atoms with Crippen molar-refractivity contribution in [1.29, 1.82) is 0 Å². The van der Waals surface area contributed by atoms with Gasteiger partial charge in [0.1, 0.15) is 30.5 Å². The van der Waals surface area contributed by atoms with E-state index in [1.54, 1.807) is 12.2 Å². The van der Waals surface area contributed by atoms with E-state index in [9.17, 15) is 50.4 Å². The third kappa shape index (κ3) is 12.8. The van der Waals surface area contributed by atoms with Gasteiger partial charge in [0.05, 0.1) is 32.5 Å². The summed E-state index contributed by atoms with van der Waals surface area (Å²) in [6.07, 6.45) is 2.68. The standard InChI is InChI=1S/C36H58N2O12/c1-22(14-15-25-23(2)12-9-16-36(25,3)4)11-7-6-8-13-28(41)38(49-5)18-10-17-37-35(48)34(47)33(46)30(43)26(40)21-50-27-19-24(20-39)29(42)32(45)31(27)44/h6-8,11,13-15,24,26-27,29-34,39-40,42-47H,9-10,12,16-21H2,1-5H3,(H,37,48)/b7-6+,13-8+,15-14+,22-11+/t24-,26?,27?,29-,30-,31?,32+,33+,34-/m1/s1. The number of rotatable bonds is 18. The number of aliphatic hydroxyl groups is 8. The first-order valence-corrected chi connectivity index (χ1v) is 17.1. The highest BCUT2D eigenvalue weighted by Gasteiger charge is 2.43. The number of hydrogen-bond acceptors (Lipinski definition) is 12. The van der Waals surface area contributed by atoms with Gasteiger partial charge in [0.25, 0.3) is 11.8 Å². The van der Waals surface area contributed by atoms with Crippen LogP contribution in [0.2, 0.25) is 0 Å². The molecule has 3 unspecified atom stereocenters. The average Bonchev–Trinajstić information content (AvgIpc) is 3.08. The van der Waals surface area contributed by atoms with E-state index in [2.05, 4.69) is 38.2 Å². The number of nitrogens with one attached hydrogen (secondary N) is 1. The molecule has 0 radical (unpaired) electrons. The van der Waals surface area contributed by atoms with Crippen molar-refractivity contribution < 1.29 is 60.0 Å². The maximum atomic E-state index is 12.5. The summed E-state index contributed by atoms with van der Waals surface area (Å²) in [5, 5.41) is 83.8. The summed E-state index contributed by atoms with van der Waals surface area (Å²) >= 11 is 0. The average molecular weight is 711 g/mol. The van der Waals surface area contributed by atoms with Crippen LogP contribution in [-0.2, 0) is 19.2 Å². The van der Waals surface area contributed by atoms with Crippen LogP contribution in [0.15, 0.2) is 59.3 Å². The van der Waals surface area contributed by atoms with E-state index >= 15 is 0 Å². The van der Waals surface area contributed by atoms with Crippen LogP contribution in [0.4, 0.5) is 0 Å². The number of allylic oxidation sites excluding steroid dienone is 9. The van der Waals surface area contributed by atoms with Crippen molar-refractivity contribution in [1.82, 2.24) is 10.4 Å². The summed E-state index contributed by atoms with van der Waals surface area (Å²) in [5.74, 6) is -2.27. The third-order valence-electron chi connectivity index (χ3n) is 9.33. The molecule has 2 rings (SSSR count). The zero-order valence-corrected chi connectivity index (χ0v) is 29.8. The van der Waals surface area contributed by atoms with Gasteiger partial charge < -0.3 is 50.9 Å². The predicted octanol–water partition coefficient (Wildman–Crippen LogP) is -0.0521. The Hall–Kier alpha value is -2.76. The van der Waals surface area contributed by atoms with E-state index < -0.39 is 79.8 Å². The van der Waals surface area contributed by atoms with Crippen molar-refractivity contribution in [2.24, 2.45) is 11.3 Å². The summed E-state index contributed by atoms with van der Waals surface area (Å²) in [6.45, 7) is 7.67. The van der Waals surface area contributed by atoms with E-state index in [0.717, 1.165) is 17.1 Å². The molecule has 2 amide bonds. The summed E-state index contributed by atoms with van der Waals surface area (Å²) in [7, 11) is 1.32. The predicted molar refractivity (Wildman–Crippen MR) is 185 cm³/mol. The number of amides is 2. The van der Waals surface area contributed by atoms with Gasteiger partial charge in [-0.2, -0.15) is 0 Å². The minimum absolute atomic E-state index is 0.0217. The van der Waals surface area contributed by atoms with Crippen LogP contribution in [0, 0.1) is 11.3 Å². The molecule has 1 saturated carbocycles. The van der Waals surface area contributed by atoms with Crippen molar-refractivity contribution >= 4 is 11.8 Å². The summed E-state index contributed by atoms with van der Waals surface area (Å²) in [5.41, 5.74) is 4.05.